The summed E-state index contributed by atoms with van der Waals surface area (Å²) >= 11 is 6.75. The zero-order valence-corrected chi connectivity index (χ0v) is 12.6. The van der Waals surface area contributed by atoms with Gasteiger partial charge in [-0.05, 0) is 24.8 Å². The molecule has 0 amide bonds. The van der Waals surface area contributed by atoms with Gasteiger partial charge in [0, 0.05) is 6.61 Å². The second-order valence-electron chi connectivity index (χ2n) is 5.19. The molecule has 17 heavy (non-hydrogen) atoms. The highest BCUT2D eigenvalue weighted by Gasteiger charge is 2.44. The van der Waals surface area contributed by atoms with Crippen LogP contribution in [0.15, 0.2) is 30.3 Å². The van der Waals surface area contributed by atoms with Gasteiger partial charge in [0.05, 0.1) is 19.4 Å². The first-order valence-electron chi connectivity index (χ1n) is 6.50. The quantitative estimate of drug-likeness (QED) is 0.596. The standard InChI is InChI=1S/C14H21ClOSi/c1-17(2)14(10-6-7-11-16-14)13(15)12-8-4-3-5-9-12/h3-5,8-9,13,17H,6-7,10-11H2,1-2H3. The maximum Gasteiger partial charge on any atom is 0.0841 e. The van der Waals surface area contributed by atoms with E-state index in [0.717, 1.165) is 13.0 Å². The van der Waals surface area contributed by atoms with Gasteiger partial charge in [0.2, 0.25) is 0 Å². The smallest absolute Gasteiger partial charge is 0.0841 e. The van der Waals surface area contributed by atoms with Gasteiger partial charge in [-0.3, -0.25) is 0 Å². The molecule has 94 valence electrons. The summed E-state index contributed by atoms with van der Waals surface area (Å²) in [6.07, 6.45) is 3.56. The van der Waals surface area contributed by atoms with Crippen LogP contribution in [0.3, 0.4) is 0 Å². The van der Waals surface area contributed by atoms with Crippen molar-refractivity contribution in [2.75, 3.05) is 6.61 Å². The molecule has 1 aliphatic rings. The highest BCUT2D eigenvalue weighted by molar-refractivity contribution is 6.60. The average molecular weight is 269 g/mol. The fourth-order valence-electron chi connectivity index (χ4n) is 2.69. The van der Waals surface area contributed by atoms with Gasteiger partial charge in [-0.25, -0.2) is 0 Å². The van der Waals surface area contributed by atoms with E-state index < -0.39 is 8.80 Å². The molecule has 1 nitrogen and oxygen atoms in total. The van der Waals surface area contributed by atoms with Crippen LogP contribution >= 0.6 is 11.6 Å². The van der Waals surface area contributed by atoms with Gasteiger partial charge >= 0.3 is 0 Å². The number of alkyl halides is 1. The Morgan fingerprint density at radius 1 is 1.24 bits per heavy atom. The minimum Gasteiger partial charge on any atom is -0.377 e. The molecule has 1 aromatic carbocycles. The number of benzene rings is 1. The fourth-order valence-corrected chi connectivity index (χ4v) is 5.77. The molecule has 1 aliphatic heterocycles. The van der Waals surface area contributed by atoms with Crippen molar-refractivity contribution in [2.45, 2.75) is 43.0 Å². The molecule has 0 saturated carbocycles. The second kappa shape index (κ2) is 5.55. The predicted molar refractivity (Wildman–Crippen MR) is 76.4 cm³/mol. The Hall–Kier alpha value is -0.313. The van der Waals surface area contributed by atoms with Crippen molar-refractivity contribution >= 4 is 20.4 Å². The molecular weight excluding hydrogens is 248 g/mol. The Balaban J connectivity index is 2.27. The van der Waals surface area contributed by atoms with Crippen LogP contribution in [-0.4, -0.2) is 20.6 Å². The SMILES string of the molecule is C[SiH](C)C1(C(Cl)c2ccccc2)CCCCO1. The normalized spacial score (nSPS) is 27.1. The first-order chi connectivity index (χ1) is 8.17. The van der Waals surface area contributed by atoms with Crippen molar-refractivity contribution in [3.05, 3.63) is 35.9 Å². The third-order valence-corrected chi connectivity index (χ3v) is 7.41. The fraction of sp³-hybridized carbons (Fsp3) is 0.571. The molecule has 1 fully saturated rings. The summed E-state index contributed by atoms with van der Waals surface area (Å²) in [5.74, 6) is 0. The van der Waals surface area contributed by atoms with Crippen molar-refractivity contribution in [2.24, 2.45) is 0 Å². The Morgan fingerprint density at radius 3 is 2.47 bits per heavy atom. The van der Waals surface area contributed by atoms with Gasteiger partial charge in [0.1, 0.15) is 0 Å². The summed E-state index contributed by atoms with van der Waals surface area (Å²) in [5, 5.41) is -0.0445. The minimum absolute atomic E-state index is 0.00988. The highest BCUT2D eigenvalue weighted by Crippen LogP contribution is 2.42. The summed E-state index contributed by atoms with van der Waals surface area (Å²) in [6, 6.07) is 10.4. The van der Waals surface area contributed by atoms with Crippen LogP contribution in [0.2, 0.25) is 13.1 Å². The van der Waals surface area contributed by atoms with E-state index in [1.54, 1.807) is 0 Å². The number of halogens is 1. The summed E-state index contributed by atoms with van der Waals surface area (Å²) < 4.78 is 6.17. The Morgan fingerprint density at radius 2 is 1.94 bits per heavy atom. The molecule has 0 aliphatic carbocycles. The van der Waals surface area contributed by atoms with Crippen molar-refractivity contribution in [3.8, 4) is 0 Å². The Labute approximate surface area is 111 Å². The van der Waals surface area contributed by atoms with Gasteiger partial charge < -0.3 is 4.74 Å². The monoisotopic (exact) mass is 268 g/mol. The largest absolute Gasteiger partial charge is 0.377 e. The van der Waals surface area contributed by atoms with E-state index in [4.69, 9.17) is 16.3 Å². The lowest BCUT2D eigenvalue weighted by atomic mass is 10.00. The summed E-state index contributed by atoms with van der Waals surface area (Å²) in [4.78, 5) is 0. The molecule has 2 unspecified atom stereocenters. The summed E-state index contributed by atoms with van der Waals surface area (Å²) in [7, 11) is -0.970. The lowest BCUT2D eigenvalue weighted by Gasteiger charge is -2.44. The van der Waals surface area contributed by atoms with Crippen LogP contribution in [-0.2, 0) is 4.74 Å². The maximum atomic E-state index is 6.75. The Bertz CT molecular complexity index is 346. The number of hydrogen-bond donors (Lipinski definition) is 0. The first-order valence-corrected chi connectivity index (χ1v) is 9.82. The van der Waals surface area contributed by atoms with Gasteiger partial charge in [-0.2, -0.15) is 0 Å². The molecule has 0 bridgehead atoms. The molecule has 0 aromatic heterocycles. The van der Waals surface area contributed by atoms with Gasteiger partial charge in [-0.15, -0.1) is 11.6 Å². The van der Waals surface area contributed by atoms with Crippen LogP contribution in [0.4, 0.5) is 0 Å². The molecule has 2 atom stereocenters. The van der Waals surface area contributed by atoms with Crippen LogP contribution in [0.25, 0.3) is 0 Å². The van der Waals surface area contributed by atoms with Crippen LogP contribution in [0.1, 0.15) is 30.2 Å². The second-order valence-corrected chi connectivity index (χ2v) is 8.91. The molecule has 3 heteroatoms. The van der Waals surface area contributed by atoms with Crippen molar-refractivity contribution in [3.63, 3.8) is 0 Å². The highest BCUT2D eigenvalue weighted by atomic mass is 35.5. The number of rotatable bonds is 3. The van der Waals surface area contributed by atoms with Crippen LogP contribution in [0.5, 0.6) is 0 Å². The molecule has 2 rings (SSSR count). The van der Waals surface area contributed by atoms with E-state index in [1.165, 1.54) is 18.4 Å². The molecule has 0 radical (unpaired) electrons. The zero-order chi connectivity index (χ0) is 12.3. The molecular formula is C14H21ClOSi. The van der Waals surface area contributed by atoms with Crippen LogP contribution < -0.4 is 0 Å². The van der Waals surface area contributed by atoms with E-state index in [-0.39, 0.29) is 10.6 Å². The first kappa shape index (κ1) is 13.1. The van der Waals surface area contributed by atoms with Crippen molar-refractivity contribution in [1.82, 2.24) is 0 Å². The molecule has 1 heterocycles. The third-order valence-electron chi connectivity index (χ3n) is 3.83. The molecule has 0 spiro atoms. The number of hydrogen-bond acceptors (Lipinski definition) is 1. The Kier molecular flexibility index (Phi) is 4.29. The molecule has 1 saturated heterocycles. The van der Waals surface area contributed by atoms with E-state index in [0.29, 0.717) is 0 Å². The topological polar surface area (TPSA) is 9.23 Å². The van der Waals surface area contributed by atoms with Gasteiger partial charge in [0.15, 0.2) is 0 Å². The van der Waals surface area contributed by atoms with E-state index in [2.05, 4.69) is 37.4 Å². The van der Waals surface area contributed by atoms with E-state index in [9.17, 15) is 0 Å². The van der Waals surface area contributed by atoms with Gasteiger partial charge in [0.25, 0.3) is 0 Å². The minimum atomic E-state index is -0.970. The lowest BCUT2D eigenvalue weighted by Crippen LogP contribution is -2.50. The predicted octanol–water partition coefficient (Wildman–Crippen LogP) is 3.93. The van der Waals surface area contributed by atoms with Crippen molar-refractivity contribution < 1.29 is 4.74 Å². The summed E-state index contributed by atoms with van der Waals surface area (Å²) in [6.45, 7) is 5.58. The van der Waals surface area contributed by atoms with Crippen molar-refractivity contribution in [1.29, 1.82) is 0 Å². The zero-order valence-electron chi connectivity index (χ0n) is 10.7. The maximum absolute atomic E-state index is 6.75. The number of ether oxygens (including phenoxy) is 1. The average Bonchev–Trinajstić information content (AvgIpc) is 2.39. The lowest BCUT2D eigenvalue weighted by molar-refractivity contribution is -0.0255. The molecule has 1 aromatic rings. The van der Waals surface area contributed by atoms with Crippen LogP contribution in [0, 0.1) is 0 Å². The third kappa shape index (κ3) is 2.59. The molecule has 0 N–H and O–H groups in total. The van der Waals surface area contributed by atoms with E-state index in [1.807, 2.05) is 6.07 Å². The summed E-state index contributed by atoms with van der Waals surface area (Å²) in [5.41, 5.74) is 1.21. The van der Waals surface area contributed by atoms with E-state index >= 15 is 0 Å². The van der Waals surface area contributed by atoms with Gasteiger partial charge in [-0.1, -0.05) is 43.4 Å².